The Balaban J connectivity index is 3.11. The minimum absolute atomic E-state index is 0.138. The maximum absolute atomic E-state index is 11.8. The Morgan fingerprint density at radius 1 is 1.28 bits per heavy atom. The minimum Gasteiger partial charge on any atom is -0.471 e. The van der Waals surface area contributed by atoms with Gasteiger partial charge in [0.05, 0.1) is 13.2 Å². The molecule has 0 unspecified atom stereocenters. The Bertz CT molecular complexity index is 393. The van der Waals surface area contributed by atoms with Crippen LogP contribution < -0.4 is 0 Å². The third kappa shape index (κ3) is 3.60. The van der Waals surface area contributed by atoms with E-state index in [0.29, 0.717) is 6.61 Å². The van der Waals surface area contributed by atoms with Gasteiger partial charge in [0.2, 0.25) is 0 Å². The molecule has 3 nitrogen and oxygen atoms in total. The van der Waals surface area contributed by atoms with Crippen molar-refractivity contribution in [3.8, 4) is 0 Å². The van der Waals surface area contributed by atoms with E-state index in [-0.39, 0.29) is 16.5 Å². The van der Waals surface area contributed by atoms with Crippen LogP contribution in [0.25, 0.3) is 4.85 Å². The summed E-state index contributed by atoms with van der Waals surface area (Å²) in [7, 11) is 0. The number of hydrogen-bond acceptors (Lipinski definition) is 2. The summed E-state index contributed by atoms with van der Waals surface area (Å²) in [6.45, 7) is 18.1. The molecule has 0 amide bonds. The Morgan fingerprint density at radius 2 is 1.78 bits per heavy atom. The van der Waals surface area contributed by atoms with Crippen LogP contribution in [0.3, 0.4) is 0 Å². The highest BCUT2D eigenvalue weighted by Crippen LogP contribution is 2.49. The zero-order valence-electron chi connectivity index (χ0n) is 12.1. The van der Waals surface area contributed by atoms with E-state index >= 15 is 0 Å². The van der Waals surface area contributed by atoms with E-state index in [4.69, 9.17) is 11.3 Å². The van der Waals surface area contributed by atoms with Gasteiger partial charge in [-0.3, -0.25) is 4.79 Å². The van der Waals surface area contributed by atoms with Crippen LogP contribution in [0.2, 0.25) is 0 Å². The molecule has 0 bridgehead atoms. The Hall–Kier alpha value is -1.30. The highest BCUT2D eigenvalue weighted by molar-refractivity contribution is 5.91. The van der Waals surface area contributed by atoms with Gasteiger partial charge in [-0.2, -0.15) is 0 Å². The molecule has 100 valence electrons. The first-order chi connectivity index (χ1) is 8.21. The highest BCUT2D eigenvalue weighted by atomic mass is 16.5. The third-order valence-corrected chi connectivity index (χ3v) is 3.26. The molecule has 1 aliphatic carbocycles. The van der Waals surface area contributed by atoms with Crippen LogP contribution in [-0.2, 0) is 9.53 Å². The lowest BCUT2D eigenvalue weighted by molar-refractivity contribution is -0.138. The van der Waals surface area contributed by atoms with Crippen LogP contribution in [0.1, 0.15) is 53.9 Å². The monoisotopic (exact) mass is 249 g/mol. The fraction of sp³-hybridized carbons (Fsp3) is 0.733. The molecule has 1 aliphatic rings. The number of hydrogen-bond donors (Lipinski definition) is 0. The van der Waals surface area contributed by atoms with Crippen molar-refractivity contribution < 1.29 is 9.53 Å². The predicted octanol–water partition coefficient (Wildman–Crippen LogP) is 3.96. The van der Waals surface area contributed by atoms with E-state index in [1.165, 1.54) is 0 Å². The number of carbonyl (C=O) groups excluding carboxylic acids is 1. The number of rotatable bonds is 2. The van der Waals surface area contributed by atoms with E-state index in [1.54, 1.807) is 6.92 Å². The van der Waals surface area contributed by atoms with E-state index in [2.05, 4.69) is 32.5 Å². The molecule has 0 heterocycles. The Morgan fingerprint density at radius 3 is 2.17 bits per heavy atom. The van der Waals surface area contributed by atoms with Gasteiger partial charge in [-0.1, -0.05) is 33.3 Å². The van der Waals surface area contributed by atoms with Crippen molar-refractivity contribution in [2.75, 3.05) is 6.61 Å². The first kappa shape index (κ1) is 14.8. The van der Waals surface area contributed by atoms with Gasteiger partial charge in [-0.25, -0.2) is 4.85 Å². The van der Waals surface area contributed by atoms with Gasteiger partial charge in [0.15, 0.2) is 0 Å². The van der Waals surface area contributed by atoms with Gasteiger partial charge in [0, 0.05) is 0 Å². The largest absolute Gasteiger partial charge is 0.471 e. The quantitative estimate of drug-likeness (QED) is 0.421. The molecule has 0 aromatic carbocycles. The van der Waals surface area contributed by atoms with Crippen molar-refractivity contribution in [2.45, 2.75) is 53.9 Å². The summed E-state index contributed by atoms with van der Waals surface area (Å²) in [6, 6.07) is 0. The fourth-order valence-corrected chi connectivity index (χ4v) is 3.27. The summed E-state index contributed by atoms with van der Waals surface area (Å²) in [6.07, 6.45) is 2.73. The maximum atomic E-state index is 11.8. The van der Waals surface area contributed by atoms with Crippen molar-refractivity contribution in [3.63, 3.8) is 0 Å². The van der Waals surface area contributed by atoms with E-state index in [9.17, 15) is 4.79 Å². The molecule has 0 radical (unpaired) electrons. The first-order valence-electron chi connectivity index (χ1n) is 6.47. The van der Waals surface area contributed by atoms with E-state index in [1.807, 2.05) is 0 Å². The molecule has 1 fully saturated rings. The van der Waals surface area contributed by atoms with Crippen LogP contribution in [0.15, 0.2) is 11.3 Å². The van der Waals surface area contributed by atoms with Gasteiger partial charge in [-0.05, 0) is 37.0 Å². The van der Waals surface area contributed by atoms with Crippen molar-refractivity contribution in [3.05, 3.63) is 22.7 Å². The maximum Gasteiger partial charge on any atom is 0.336 e. The average Bonchev–Trinajstić information content (AvgIpc) is 2.13. The second kappa shape index (κ2) is 5.14. The van der Waals surface area contributed by atoms with Gasteiger partial charge in [0.1, 0.15) is 0 Å². The molecule has 18 heavy (non-hydrogen) atoms. The van der Waals surface area contributed by atoms with Gasteiger partial charge in [-0.15, -0.1) is 0 Å². The lowest BCUT2D eigenvalue weighted by Gasteiger charge is -2.42. The second-order valence-corrected chi connectivity index (χ2v) is 6.64. The van der Waals surface area contributed by atoms with Crippen LogP contribution in [0.5, 0.6) is 0 Å². The standard InChI is InChI=1S/C15H23NO2/c1-7-18-13(17)12(16-6)11-8-14(2,3)10-15(4,5)9-11/h7-10H2,1-5H3. The summed E-state index contributed by atoms with van der Waals surface area (Å²) in [5.41, 5.74) is 1.45. The zero-order valence-corrected chi connectivity index (χ0v) is 12.1. The third-order valence-electron chi connectivity index (χ3n) is 3.26. The summed E-state index contributed by atoms with van der Waals surface area (Å²) in [5, 5.41) is 0. The van der Waals surface area contributed by atoms with Crippen LogP contribution in [-0.4, -0.2) is 12.6 Å². The summed E-state index contributed by atoms with van der Waals surface area (Å²) in [4.78, 5) is 15.2. The Labute approximate surface area is 110 Å². The molecule has 1 saturated carbocycles. The van der Waals surface area contributed by atoms with Crippen LogP contribution in [0, 0.1) is 17.4 Å². The molecular weight excluding hydrogens is 226 g/mol. The first-order valence-corrected chi connectivity index (χ1v) is 6.47. The van der Waals surface area contributed by atoms with Gasteiger partial charge < -0.3 is 4.74 Å². The van der Waals surface area contributed by atoms with Crippen molar-refractivity contribution in [1.82, 2.24) is 0 Å². The molecule has 0 aromatic rings. The van der Waals surface area contributed by atoms with Crippen molar-refractivity contribution >= 4 is 5.97 Å². The molecule has 0 spiro atoms. The average molecular weight is 249 g/mol. The molecular formula is C15H23NO2. The van der Waals surface area contributed by atoms with E-state index in [0.717, 1.165) is 24.8 Å². The van der Waals surface area contributed by atoms with Crippen molar-refractivity contribution in [1.29, 1.82) is 0 Å². The lowest BCUT2D eigenvalue weighted by Crippen LogP contribution is -2.31. The molecule has 0 atom stereocenters. The van der Waals surface area contributed by atoms with E-state index < -0.39 is 5.97 Å². The van der Waals surface area contributed by atoms with Gasteiger partial charge in [0.25, 0.3) is 5.70 Å². The number of nitrogens with zero attached hydrogens (tertiary/aromatic N) is 1. The van der Waals surface area contributed by atoms with Crippen LogP contribution >= 0.6 is 0 Å². The molecule has 0 aliphatic heterocycles. The highest BCUT2D eigenvalue weighted by Gasteiger charge is 2.37. The summed E-state index contributed by atoms with van der Waals surface area (Å²) >= 11 is 0. The normalized spacial score (nSPS) is 21.0. The smallest absolute Gasteiger partial charge is 0.336 e. The number of allylic oxidation sites excluding steroid dienone is 1. The summed E-state index contributed by atoms with van der Waals surface area (Å²) < 4.78 is 4.97. The SMILES string of the molecule is [C-]#[N+]C(C(=O)OCC)=C1CC(C)(C)CC(C)(C)C1. The fourth-order valence-electron chi connectivity index (χ4n) is 3.27. The number of esters is 1. The molecule has 3 heteroatoms. The predicted molar refractivity (Wildman–Crippen MR) is 71.7 cm³/mol. The molecule has 1 rings (SSSR count). The molecule has 0 N–H and O–H groups in total. The number of carbonyl (C=O) groups is 1. The molecule has 0 aromatic heterocycles. The van der Waals surface area contributed by atoms with Crippen molar-refractivity contribution in [2.24, 2.45) is 10.8 Å². The van der Waals surface area contributed by atoms with Crippen LogP contribution in [0.4, 0.5) is 0 Å². The summed E-state index contributed by atoms with van der Waals surface area (Å²) in [5.74, 6) is -0.462. The molecule has 0 saturated heterocycles. The minimum atomic E-state index is -0.462. The lowest BCUT2D eigenvalue weighted by atomic mass is 9.63. The number of ether oxygens (including phenoxy) is 1. The zero-order chi connectivity index (χ0) is 14.0. The Kier molecular flexibility index (Phi) is 4.21. The second-order valence-electron chi connectivity index (χ2n) is 6.64. The topological polar surface area (TPSA) is 30.7 Å². The van der Waals surface area contributed by atoms with Gasteiger partial charge >= 0.3 is 5.97 Å².